The SMILES string of the molecule is COc1ccc(C(=O)N2CCN(C(=O)CCN(C)C)CC2)cc1Br. The minimum absolute atomic E-state index is 0.0151. The predicted molar refractivity (Wildman–Crippen MR) is 96.3 cm³/mol. The molecule has 1 aromatic carbocycles. The third kappa shape index (κ3) is 4.70. The van der Waals surface area contributed by atoms with Gasteiger partial charge in [0.25, 0.3) is 5.91 Å². The van der Waals surface area contributed by atoms with Gasteiger partial charge in [-0.15, -0.1) is 0 Å². The fourth-order valence-corrected chi connectivity index (χ4v) is 3.16. The highest BCUT2D eigenvalue weighted by Crippen LogP contribution is 2.26. The Hall–Kier alpha value is -1.60. The van der Waals surface area contributed by atoms with Crippen LogP contribution in [0.5, 0.6) is 5.75 Å². The molecule has 2 rings (SSSR count). The lowest BCUT2D eigenvalue weighted by Crippen LogP contribution is -2.50. The number of carbonyl (C=O) groups excluding carboxylic acids is 2. The fourth-order valence-electron chi connectivity index (χ4n) is 2.62. The summed E-state index contributed by atoms with van der Waals surface area (Å²) in [5.74, 6) is 0.838. The van der Waals surface area contributed by atoms with E-state index in [1.54, 1.807) is 30.2 Å². The van der Waals surface area contributed by atoms with E-state index in [-0.39, 0.29) is 11.8 Å². The molecular weight excluding hydrogens is 374 g/mol. The Labute approximate surface area is 151 Å². The molecule has 0 saturated carbocycles. The van der Waals surface area contributed by atoms with Gasteiger partial charge in [0.15, 0.2) is 0 Å². The second kappa shape index (κ2) is 8.48. The summed E-state index contributed by atoms with van der Waals surface area (Å²) in [6, 6.07) is 5.31. The van der Waals surface area contributed by atoms with Crippen LogP contribution in [0.4, 0.5) is 0 Å². The van der Waals surface area contributed by atoms with E-state index in [0.29, 0.717) is 43.9 Å². The third-order valence-electron chi connectivity index (χ3n) is 4.09. The van der Waals surface area contributed by atoms with Crippen molar-refractivity contribution in [1.82, 2.24) is 14.7 Å². The smallest absolute Gasteiger partial charge is 0.254 e. The predicted octanol–water partition coefficient (Wildman–Crippen LogP) is 1.69. The van der Waals surface area contributed by atoms with Crippen LogP contribution in [0.1, 0.15) is 16.8 Å². The van der Waals surface area contributed by atoms with Gasteiger partial charge >= 0.3 is 0 Å². The number of hydrogen-bond donors (Lipinski definition) is 0. The van der Waals surface area contributed by atoms with Crippen molar-refractivity contribution in [1.29, 1.82) is 0 Å². The molecule has 1 heterocycles. The quantitative estimate of drug-likeness (QED) is 0.758. The number of halogens is 1. The van der Waals surface area contributed by atoms with Crippen LogP contribution in [0.2, 0.25) is 0 Å². The molecule has 132 valence electrons. The standard InChI is InChI=1S/C17H24BrN3O3/c1-19(2)7-6-16(22)20-8-10-21(11-9-20)17(23)13-4-5-15(24-3)14(18)12-13/h4-5,12H,6-11H2,1-3H3. The van der Waals surface area contributed by atoms with E-state index >= 15 is 0 Å². The van der Waals surface area contributed by atoms with Gasteiger partial charge in [-0.1, -0.05) is 0 Å². The second-order valence-corrected chi connectivity index (χ2v) is 6.93. The lowest BCUT2D eigenvalue weighted by atomic mass is 10.1. The molecule has 0 radical (unpaired) electrons. The number of piperazine rings is 1. The fraction of sp³-hybridized carbons (Fsp3) is 0.529. The van der Waals surface area contributed by atoms with Crippen molar-refractivity contribution in [3.05, 3.63) is 28.2 Å². The first-order chi connectivity index (χ1) is 11.4. The zero-order valence-corrected chi connectivity index (χ0v) is 16.0. The molecule has 1 aliphatic heterocycles. The van der Waals surface area contributed by atoms with E-state index in [2.05, 4.69) is 15.9 Å². The van der Waals surface area contributed by atoms with Gasteiger partial charge in [-0.25, -0.2) is 0 Å². The van der Waals surface area contributed by atoms with Gasteiger partial charge in [0.05, 0.1) is 11.6 Å². The number of hydrogen-bond acceptors (Lipinski definition) is 4. The number of benzene rings is 1. The minimum atomic E-state index is -0.0151. The Morgan fingerprint density at radius 1 is 1.17 bits per heavy atom. The van der Waals surface area contributed by atoms with Crippen LogP contribution in [0.25, 0.3) is 0 Å². The van der Waals surface area contributed by atoms with Crippen molar-refractivity contribution >= 4 is 27.7 Å². The maximum absolute atomic E-state index is 12.6. The van der Waals surface area contributed by atoms with E-state index in [1.807, 2.05) is 23.9 Å². The lowest BCUT2D eigenvalue weighted by Gasteiger charge is -2.35. The van der Waals surface area contributed by atoms with Crippen LogP contribution in [-0.4, -0.2) is 80.4 Å². The van der Waals surface area contributed by atoms with Crippen LogP contribution in [-0.2, 0) is 4.79 Å². The lowest BCUT2D eigenvalue weighted by molar-refractivity contribution is -0.132. The number of amides is 2. The van der Waals surface area contributed by atoms with Crippen molar-refractivity contribution in [3.8, 4) is 5.75 Å². The molecule has 0 spiro atoms. The van der Waals surface area contributed by atoms with E-state index in [9.17, 15) is 9.59 Å². The van der Waals surface area contributed by atoms with Crippen molar-refractivity contribution < 1.29 is 14.3 Å². The van der Waals surface area contributed by atoms with Gasteiger partial charge < -0.3 is 19.4 Å². The van der Waals surface area contributed by atoms with Crippen LogP contribution in [0.3, 0.4) is 0 Å². The van der Waals surface area contributed by atoms with Crippen molar-refractivity contribution in [2.75, 3.05) is 53.9 Å². The van der Waals surface area contributed by atoms with Crippen molar-refractivity contribution in [2.45, 2.75) is 6.42 Å². The zero-order valence-electron chi connectivity index (χ0n) is 14.4. The summed E-state index contributed by atoms with van der Waals surface area (Å²) in [5.41, 5.74) is 0.620. The third-order valence-corrected chi connectivity index (χ3v) is 4.71. The first-order valence-corrected chi connectivity index (χ1v) is 8.77. The zero-order chi connectivity index (χ0) is 17.7. The summed E-state index contributed by atoms with van der Waals surface area (Å²) in [5, 5.41) is 0. The summed E-state index contributed by atoms with van der Waals surface area (Å²) in [6.07, 6.45) is 0.520. The Kier molecular flexibility index (Phi) is 6.62. The van der Waals surface area contributed by atoms with Crippen molar-refractivity contribution in [3.63, 3.8) is 0 Å². The number of carbonyl (C=O) groups is 2. The largest absolute Gasteiger partial charge is 0.496 e. The van der Waals surface area contributed by atoms with Gasteiger partial charge in [0.2, 0.25) is 5.91 Å². The highest BCUT2D eigenvalue weighted by molar-refractivity contribution is 9.10. The van der Waals surface area contributed by atoms with Crippen LogP contribution < -0.4 is 4.74 Å². The second-order valence-electron chi connectivity index (χ2n) is 6.08. The van der Waals surface area contributed by atoms with Crippen LogP contribution in [0, 0.1) is 0 Å². The number of nitrogens with zero attached hydrogens (tertiary/aromatic N) is 3. The molecule has 0 aliphatic carbocycles. The summed E-state index contributed by atoms with van der Waals surface area (Å²) in [6.45, 7) is 3.06. The molecule has 2 amide bonds. The van der Waals surface area contributed by atoms with E-state index < -0.39 is 0 Å². The number of ether oxygens (including phenoxy) is 1. The molecular formula is C17H24BrN3O3. The van der Waals surface area contributed by atoms with Gasteiger partial charge in [0.1, 0.15) is 5.75 Å². The first-order valence-electron chi connectivity index (χ1n) is 7.97. The normalized spacial score (nSPS) is 14.9. The summed E-state index contributed by atoms with van der Waals surface area (Å²) >= 11 is 3.40. The Balaban J connectivity index is 1.91. The molecule has 0 N–H and O–H groups in total. The molecule has 1 aliphatic rings. The van der Waals surface area contributed by atoms with Crippen molar-refractivity contribution in [2.24, 2.45) is 0 Å². The maximum Gasteiger partial charge on any atom is 0.254 e. The molecule has 24 heavy (non-hydrogen) atoms. The van der Waals surface area contributed by atoms with E-state index in [4.69, 9.17) is 4.74 Å². The average molecular weight is 398 g/mol. The minimum Gasteiger partial charge on any atom is -0.496 e. The molecule has 0 atom stereocenters. The topological polar surface area (TPSA) is 53.1 Å². The van der Waals surface area contributed by atoms with Gasteiger partial charge in [0, 0.05) is 44.7 Å². The molecule has 0 aromatic heterocycles. The highest BCUT2D eigenvalue weighted by atomic mass is 79.9. The molecule has 1 aromatic rings. The van der Waals surface area contributed by atoms with Crippen LogP contribution >= 0.6 is 15.9 Å². The number of methoxy groups -OCH3 is 1. The summed E-state index contributed by atoms with van der Waals surface area (Å²) in [7, 11) is 5.50. The Morgan fingerprint density at radius 3 is 2.33 bits per heavy atom. The molecule has 0 unspecified atom stereocenters. The maximum atomic E-state index is 12.6. The molecule has 1 fully saturated rings. The molecule has 7 heteroatoms. The van der Waals surface area contributed by atoms with Gasteiger partial charge in [-0.2, -0.15) is 0 Å². The summed E-state index contributed by atoms with van der Waals surface area (Å²) in [4.78, 5) is 30.4. The Morgan fingerprint density at radius 2 is 1.79 bits per heavy atom. The monoisotopic (exact) mass is 397 g/mol. The van der Waals surface area contributed by atoms with Crippen LogP contribution in [0.15, 0.2) is 22.7 Å². The highest BCUT2D eigenvalue weighted by Gasteiger charge is 2.25. The molecule has 6 nitrogen and oxygen atoms in total. The van der Waals surface area contributed by atoms with Gasteiger partial charge in [-0.3, -0.25) is 9.59 Å². The summed E-state index contributed by atoms with van der Waals surface area (Å²) < 4.78 is 5.94. The number of rotatable bonds is 5. The molecule has 0 bridgehead atoms. The van der Waals surface area contributed by atoms with Gasteiger partial charge in [-0.05, 0) is 48.2 Å². The first kappa shape index (κ1) is 18.7. The Bertz CT molecular complexity index is 599. The average Bonchev–Trinajstić information content (AvgIpc) is 2.59. The van der Waals surface area contributed by atoms with E-state index in [1.165, 1.54) is 0 Å². The molecule has 1 saturated heterocycles. The van der Waals surface area contributed by atoms with E-state index in [0.717, 1.165) is 11.0 Å².